The Kier molecular flexibility index (Phi) is 7.82. The van der Waals surface area contributed by atoms with Crippen molar-refractivity contribution in [2.45, 2.75) is 30.9 Å². The summed E-state index contributed by atoms with van der Waals surface area (Å²) in [6.45, 7) is 0.539. The second-order valence-corrected chi connectivity index (χ2v) is 6.03. The summed E-state index contributed by atoms with van der Waals surface area (Å²) in [5.41, 5.74) is 4.36. The minimum absolute atomic E-state index is 0.159. The molecule has 0 bridgehead atoms. The van der Waals surface area contributed by atoms with Crippen LogP contribution in [0.3, 0.4) is 0 Å². The van der Waals surface area contributed by atoms with Gasteiger partial charge in [0.05, 0.1) is 24.1 Å². The molecule has 1 amide bonds. The van der Waals surface area contributed by atoms with Crippen LogP contribution >= 0.6 is 0 Å². The SMILES string of the molecule is Nc1cncc(C(F)(F)F)n1.O=C(NCC1OCCC(O)C1O)c1cccnc1. The molecule has 1 saturated heterocycles. The average Bonchev–Trinajstić information content (AvgIpc) is 2.69. The van der Waals surface area contributed by atoms with Gasteiger partial charge in [0.25, 0.3) is 5.91 Å². The molecule has 5 N–H and O–H groups in total. The van der Waals surface area contributed by atoms with E-state index in [4.69, 9.17) is 10.5 Å². The molecule has 3 unspecified atom stereocenters. The number of nitrogens with two attached hydrogens (primary N) is 1. The van der Waals surface area contributed by atoms with Crippen molar-refractivity contribution in [3.8, 4) is 0 Å². The van der Waals surface area contributed by atoms with Crippen molar-refractivity contribution in [3.05, 3.63) is 48.2 Å². The molecule has 2 aromatic rings. The Morgan fingerprint density at radius 3 is 2.62 bits per heavy atom. The van der Waals surface area contributed by atoms with E-state index >= 15 is 0 Å². The molecule has 3 atom stereocenters. The predicted molar refractivity (Wildman–Crippen MR) is 94.4 cm³/mol. The van der Waals surface area contributed by atoms with Crippen molar-refractivity contribution in [3.63, 3.8) is 0 Å². The van der Waals surface area contributed by atoms with Gasteiger partial charge in [-0.25, -0.2) is 4.98 Å². The number of carbonyl (C=O) groups excluding carboxylic acids is 1. The molecule has 1 aliphatic heterocycles. The molecule has 0 aromatic carbocycles. The highest BCUT2D eigenvalue weighted by Gasteiger charge is 2.33. The average molecular weight is 415 g/mol. The van der Waals surface area contributed by atoms with Gasteiger partial charge < -0.3 is 26.0 Å². The zero-order chi connectivity index (χ0) is 21.4. The van der Waals surface area contributed by atoms with Crippen LogP contribution in [0.15, 0.2) is 36.9 Å². The number of aliphatic hydroxyl groups excluding tert-OH is 2. The van der Waals surface area contributed by atoms with Crippen LogP contribution in [0.5, 0.6) is 0 Å². The van der Waals surface area contributed by atoms with E-state index in [2.05, 4.69) is 20.3 Å². The van der Waals surface area contributed by atoms with Crippen LogP contribution < -0.4 is 11.1 Å². The maximum Gasteiger partial charge on any atom is 0.434 e. The van der Waals surface area contributed by atoms with E-state index in [0.29, 0.717) is 24.8 Å². The molecule has 12 heteroatoms. The summed E-state index contributed by atoms with van der Waals surface area (Å²) in [6.07, 6.45) is -1.67. The van der Waals surface area contributed by atoms with Crippen LogP contribution in [0.25, 0.3) is 0 Å². The van der Waals surface area contributed by atoms with Gasteiger partial charge in [-0.1, -0.05) is 0 Å². The molecular formula is C17H20F3N5O4. The fourth-order valence-electron chi connectivity index (χ4n) is 2.35. The Hall–Kier alpha value is -2.83. The van der Waals surface area contributed by atoms with E-state index in [9.17, 15) is 28.2 Å². The summed E-state index contributed by atoms with van der Waals surface area (Å²) >= 11 is 0. The van der Waals surface area contributed by atoms with Gasteiger partial charge in [0, 0.05) is 25.5 Å². The highest BCUT2D eigenvalue weighted by atomic mass is 19.4. The molecule has 29 heavy (non-hydrogen) atoms. The largest absolute Gasteiger partial charge is 0.434 e. The molecular weight excluding hydrogens is 395 g/mol. The molecule has 9 nitrogen and oxygen atoms in total. The van der Waals surface area contributed by atoms with E-state index < -0.39 is 30.2 Å². The van der Waals surface area contributed by atoms with Gasteiger partial charge in [0.15, 0.2) is 5.69 Å². The third-order valence-corrected chi connectivity index (χ3v) is 3.85. The number of amides is 1. The summed E-state index contributed by atoms with van der Waals surface area (Å²) < 4.78 is 40.7. The maximum atomic E-state index is 11.8. The Bertz CT molecular complexity index is 794. The summed E-state index contributed by atoms with van der Waals surface area (Å²) in [4.78, 5) is 21.8. The third-order valence-electron chi connectivity index (χ3n) is 3.85. The molecule has 158 valence electrons. The second kappa shape index (κ2) is 10.1. The van der Waals surface area contributed by atoms with Crippen LogP contribution in [0.1, 0.15) is 22.5 Å². The normalized spacial score (nSPS) is 21.6. The number of pyridine rings is 1. The fraction of sp³-hybridized carbons (Fsp3) is 0.412. The first-order chi connectivity index (χ1) is 13.7. The molecule has 0 aliphatic carbocycles. The Morgan fingerprint density at radius 1 is 1.28 bits per heavy atom. The molecule has 0 saturated carbocycles. The predicted octanol–water partition coefficient (Wildman–Crippen LogP) is 0.400. The number of hydrogen-bond acceptors (Lipinski definition) is 8. The number of alkyl halides is 3. The first kappa shape index (κ1) is 22.5. The first-order valence-corrected chi connectivity index (χ1v) is 8.49. The number of nitrogens with zero attached hydrogens (tertiary/aromatic N) is 3. The molecule has 1 aliphatic rings. The van der Waals surface area contributed by atoms with Gasteiger partial charge in [0.2, 0.25) is 0 Å². The smallest absolute Gasteiger partial charge is 0.390 e. The lowest BCUT2D eigenvalue weighted by molar-refractivity contribution is -0.141. The lowest BCUT2D eigenvalue weighted by Crippen LogP contribution is -2.49. The van der Waals surface area contributed by atoms with Crippen molar-refractivity contribution in [2.75, 3.05) is 18.9 Å². The van der Waals surface area contributed by atoms with Gasteiger partial charge >= 0.3 is 6.18 Å². The van der Waals surface area contributed by atoms with Crippen molar-refractivity contribution < 1.29 is 32.9 Å². The molecule has 3 heterocycles. The fourth-order valence-corrected chi connectivity index (χ4v) is 2.35. The highest BCUT2D eigenvalue weighted by Crippen LogP contribution is 2.26. The summed E-state index contributed by atoms with van der Waals surface area (Å²) in [5.74, 6) is -0.515. The van der Waals surface area contributed by atoms with Crippen molar-refractivity contribution in [1.82, 2.24) is 20.3 Å². The van der Waals surface area contributed by atoms with Crippen molar-refractivity contribution in [2.24, 2.45) is 0 Å². The first-order valence-electron chi connectivity index (χ1n) is 8.49. The zero-order valence-electron chi connectivity index (χ0n) is 15.1. The van der Waals surface area contributed by atoms with Crippen LogP contribution in [-0.4, -0.2) is 62.5 Å². The number of ether oxygens (including phenoxy) is 1. The number of rotatable bonds is 3. The third kappa shape index (κ3) is 6.93. The number of hydrogen-bond donors (Lipinski definition) is 4. The Morgan fingerprint density at radius 2 is 2.03 bits per heavy atom. The summed E-state index contributed by atoms with van der Waals surface area (Å²) in [7, 11) is 0. The zero-order valence-corrected chi connectivity index (χ0v) is 15.1. The molecule has 3 rings (SSSR count). The topological polar surface area (TPSA) is 143 Å². The summed E-state index contributed by atoms with van der Waals surface area (Å²) in [6, 6.07) is 3.32. The minimum atomic E-state index is -4.47. The number of nitrogen functional groups attached to an aromatic ring is 1. The van der Waals surface area contributed by atoms with Crippen LogP contribution in [0, 0.1) is 0 Å². The van der Waals surface area contributed by atoms with E-state index in [1.165, 1.54) is 6.20 Å². The molecule has 2 aromatic heterocycles. The highest BCUT2D eigenvalue weighted by molar-refractivity contribution is 5.93. The number of halogens is 3. The lowest BCUT2D eigenvalue weighted by atomic mass is 10.0. The van der Waals surface area contributed by atoms with Gasteiger partial charge in [-0.15, -0.1) is 0 Å². The van der Waals surface area contributed by atoms with Gasteiger partial charge in [-0.2, -0.15) is 13.2 Å². The lowest BCUT2D eigenvalue weighted by Gasteiger charge is -2.32. The van der Waals surface area contributed by atoms with Crippen LogP contribution in [-0.2, 0) is 10.9 Å². The molecule has 0 radical (unpaired) electrons. The van der Waals surface area contributed by atoms with Crippen molar-refractivity contribution >= 4 is 11.7 Å². The minimum Gasteiger partial charge on any atom is -0.390 e. The quantitative estimate of drug-likeness (QED) is 0.564. The number of carbonyl (C=O) groups is 1. The van der Waals surface area contributed by atoms with Crippen LogP contribution in [0.4, 0.5) is 19.0 Å². The Labute approximate surface area is 163 Å². The van der Waals surface area contributed by atoms with E-state index in [1.807, 2.05) is 0 Å². The van der Waals surface area contributed by atoms with Gasteiger partial charge in [-0.05, 0) is 18.6 Å². The number of nitrogens with one attached hydrogen (secondary N) is 1. The van der Waals surface area contributed by atoms with E-state index in [-0.39, 0.29) is 18.3 Å². The molecule has 0 spiro atoms. The monoisotopic (exact) mass is 415 g/mol. The molecule has 1 fully saturated rings. The van der Waals surface area contributed by atoms with E-state index in [0.717, 1.165) is 6.20 Å². The standard InChI is InChI=1S/C12H16N2O4.C5H4F3N3/c15-9-3-5-18-10(11(9)16)7-14-12(17)8-2-1-4-13-6-8;6-5(7,8)3-1-10-2-4(9)11-3/h1-2,4,6,9-11,15-16H,3,5,7H2,(H,14,17);1-2H,(H2,9,11). The maximum absolute atomic E-state index is 11.8. The number of aromatic nitrogens is 3. The van der Waals surface area contributed by atoms with E-state index in [1.54, 1.807) is 18.3 Å². The Balaban J connectivity index is 0.000000234. The van der Waals surface area contributed by atoms with Crippen molar-refractivity contribution in [1.29, 1.82) is 0 Å². The van der Waals surface area contributed by atoms with Gasteiger partial charge in [-0.3, -0.25) is 14.8 Å². The number of anilines is 1. The van der Waals surface area contributed by atoms with Gasteiger partial charge in [0.1, 0.15) is 18.0 Å². The second-order valence-electron chi connectivity index (χ2n) is 6.03. The summed E-state index contributed by atoms with van der Waals surface area (Å²) in [5, 5.41) is 21.8. The number of aliphatic hydroxyl groups is 2. The van der Waals surface area contributed by atoms with Crippen LogP contribution in [0.2, 0.25) is 0 Å².